The number of nitrogens with two attached hydrogens (primary N) is 1. The number of phenolic OH excluding ortho intramolecular Hbond substituents is 1. The van der Waals surface area contributed by atoms with Crippen LogP contribution in [0.4, 0.5) is 17.6 Å². The van der Waals surface area contributed by atoms with Gasteiger partial charge in [-0.3, -0.25) is 4.79 Å². The minimum absolute atomic E-state index is 0. The molecular formula is C30H28ClF4N5O6. The van der Waals surface area contributed by atoms with Crippen LogP contribution in [0, 0.1) is 12.7 Å². The van der Waals surface area contributed by atoms with Crippen LogP contribution >= 0.6 is 12.4 Å². The van der Waals surface area contributed by atoms with Crippen molar-refractivity contribution in [3.05, 3.63) is 106 Å². The molecule has 2 heterocycles. The van der Waals surface area contributed by atoms with Gasteiger partial charge in [-0.1, -0.05) is 24.8 Å². The fourth-order valence-electron chi connectivity index (χ4n) is 4.84. The number of carbonyl (C=O) groups excluding carboxylic acids is 2. The highest BCUT2D eigenvalue weighted by molar-refractivity contribution is 5.96. The van der Waals surface area contributed by atoms with E-state index in [0.29, 0.717) is 24.0 Å². The van der Waals surface area contributed by atoms with Crippen molar-refractivity contribution < 1.29 is 46.9 Å². The second-order valence-corrected chi connectivity index (χ2v) is 9.87. The van der Waals surface area contributed by atoms with Crippen LogP contribution in [0.5, 0.6) is 5.75 Å². The van der Waals surface area contributed by atoms with Crippen molar-refractivity contribution in [1.29, 1.82) is 0 Å². The van der Waals surface area contributed by atoms with Gasteiger partial charge in [-0.15, -0.1) is 12.4 Å². The van der Waals surface area contributed by atoms with Gasteiger partial charge in [0.1, 0.15) is 18.1 Å². The van der Waals surface area contributed by atoms with E-state index >= 15 is 0 Å². The number of aromatic hydroxyl groups is 1. The number of carbonyl (C=O) groups is 3. The van der Waals surface area contributed by atoms with Crippen LogP contribution in [-0.4, -0.2) is 49.3 Å². The normalized spacial score (nSPS) is 13.6. The van der Waals surface area contributed by atoms with Gasteiger partial charge >= 0.3 is 18.1 Å². The average Bonchev–Trinajstić information content (AvgIpc) is 3.59. The molecule has 0 saturated carbocycles. The second-order valence-electron chi connectivity index (χ2n) is 9.87. The third kappa shape index (κ3) is 7.43. The maximum Gasteiger partial charge on any atom is 0.419 e. The first-order valence-electron chi connectivity index (χ1n) is 13.3. The molecule has 0 spiro atoms. The van der Waals surface area contributed by atoms with E-state index in [0.717, 1.165) is 45.6 Å². The van der Waals surface area contributed by atoms with Crippen LogP contribution < -0.4 is 11.1 Å². The van der Waals surface area contributed by atoms with Gasteiger partial charge in [0.2, 0.25) is 0 Å². The summed E-state index contributed by atoms with van der Waals surface area (Å²) in [6.45, 7) is 5.48. The van der Waals surface area contributed by atoms with Gasteiger partial charge in [0.05, 0.1) is 23.4 Å². The monoisotopic (exact) mass is 665 g/mol. The summed E-state index contributed by atoms with van der Waals surface area (Å²) >= 11 is 0. The Hall–Kier alpha value is -5.02. The highest BCUT2D eigenvalue weighted by atomic mass is 35.5. The van der Waals surface area contributed by atoms with Crippen LogP contribution in [0.1, 0.15) is 71.6 Å². The van der Waals surface area contributed by atoms with Crippen LogP contribution in [0.2, 0.25) is 0 Å². The molecule has 4 aromatic rings. The fraction of sp³-hybridized carbons (Fsp3) is 0.233. The zero-order valence-corrected chi connectivity index (χ0v) is 24.9. The number of alkyl halides is 3. The number of carboxylic acid groups (broad SMARTS) is 1. The Bertz CT molecular complexity index is 1810. The number of fused-ring (bicyclic) bond motifs is 2. The molecule has 5 N–H and O–H groups in total. The topological polar surface area (TPSA) is 169 Å². The van der Waals surface area contributed by atoms with Crippen molar-refractivity contribution >= 4 is 35.9 Å². The summed E-state index contributed by atoms with van der Waals surface area (Å²) in [5, 5.41) is 24.8. The average molecular weight is 666 g/mol. The summed E-state index contributed by atoms with van der Waals surface area (Å²) < 4.78 is 56.5. The van der Waals surface area contributed by atoms with E-state index in [4.69, 9.17) is 15.6 Å². The van der Waals surface area contributed by atoms with E-state index in [1.807, 2.05) is 6.92 Å². The van der Waals surface area contributed by atoms with Crippen LogP contribution in [-0.2, 0) is 23.9 Å². The second kappa shape index (κ2) is 14.4. The van der Waals surface area contributed by atoms with Crippen molar-refractivity contribution in [1.82, 2.24) is 19.9 Å². The zero-order valence-electron chi connectivity index (χ0n) is 24.1. The lowest BCUT2D eigenvalue weighted by atomic mass is 9.98. The molecule has 2 aromatic carbocycles. The lowest BCUT2D eigenvalue weighted by Crippen LogP contribution is -2.29. The summed E-state index contributed by atoms with van der Waals surface area (Å²) in [4.78, 5) is 40.3. The first-order chi connectivity index (χ1) is 21.3. The maximum atomic E-state index is 13.9. The third-order valence-corrected chi connectivity index (χ3v) is 7.03. The first kappa shape index (κ1) is 35.5. The zero-order chi connectivity index (χ0) is 33.1. The van der Waals surface area contributed by atoms with Crippen molar-refractivity contribution in [3.8, 4) is 5.75 Å². The van der Waals surface area contributed by atoms with E-state index in [-0.39, 0.29) is 42.9 Å². The number of nitrogens with zero attached hydrogens (tertiary/aromatic N) is 3. The summed E-state index contributed by atoms with van der Waals surface area (Å²) in [6.07, 6.45) is -0.956. The van der Waals surface area contributed by atoms with Crippen LogP contribution in [0.25, 0.3) is 5.65 Å². The Labute approximate surface area is 265 Å². The van der Waals surface area contributed by atoms with Crippen LogP contribution in [0.15, 0.2) is 55.3 Å². The first-order valence-corrected chi connectivity index (χ1v) is 13.3. The number of amides is 1. The predicted molar refractivity (Wildman–Crippen MR) is 158 cm³/mol. The summed E-state index contributed by atoms with van der Waals surface area (Å²) in [5.74, 6) is -4.06. The molecule has 1 atom stereocenters. The lowest BCUT2D eigenvalue weighted by Gasteiger charge is -2.16. The Kier molecular flexibility index (Phi) is 11.1. The number of carboxylic acids is 1. The Balaban J connectivity index is 0.000000347. The van der Waals surface area contributed by atoms with Gasteiger partial charge in [0.25, 0.3) is 5.91 Å². The molecule has 1 aliphatic rings. The Morgan fingerprint density at radius 2 is 1.93 bits per heavy atom. The van der Waals surface area contributed by atoms with Gasteiger partial charge in [-0.25, -0.2) is 23.5 Å². The Morgan fingerprint density at radius 3 is 2.57 bits per heavy atom. The number of ether oxygens (including phenoxy) is 1. The SMILES string of the molecule is C=CCOC(=O)c1ccc2c(c1C)CC[C@@H]2NC(=O)c1cc(C(=O)O)nc2c(F)cnn12.Cl.NCc1ccc(O)c(C(F)(F)F)c1. The van der Waals surface area contributed by atoms with Crippen molar-refractivity contribution in [2.45, 2.75) is 38.5 Å². The van der Waals surface area contributed by atoms with Crippen molar-refractivity contribution in [2.24, 2.45) is 5.73 Å². The maximum absolute atomic E-state index is 13.9. The molecule has 0 saturated heterocycles. The number of phenols is 1. The summed E-state index contributed by atoms with van der Waals surface area (Å²) in [5.41, 5.74) is 6.52. The van der Waals surface area contributed by atoms with E-state index in [9.17, 15) is 37.1 Å². The van der Waals surface area contributed by atoms with Gasteiger partial charge in [-0.2, -0.15) is 18.3 Å². The highest BCUT2D eigenvalue weighted by Gasteiger charge is 2.34. The molecule has 0 aliphatic heterocycles. The molecule has 0 unspecified atom stereocenters. The number of rotatable bonds is 7. The molecule has 0 radical (unpaired) electrons. The molecule has 46 heavy (non-hydrogen) atoms. The molecule has 0 fully saturated rings. The molecular weight excluding hydrogens is 638 g/mol. The number of esters is 1. The third-order valence-electron chi connectivity index (χ3n) is 7.03. The number of halogens is 5. The number of hydrogen-bond donors (Lipinski definition) is 4. The molecule has 2 aromatic heterocycles. The molecule has 244 valence electrons. The van der Waals surface area contributed by atoms with E-state index < -0.39 is 46.8 Å². The molecule has 1 aliphatic carbocycles. The minimum atomic E-state index is -4.53. The number of nitrogens with one attached hydrogen (secondary N) is 1. The quantitative estimate of drug-likeness (QED) is 0.122. The van der Waals surface area contributed by atoms with Gasteiger partial charge in [0, 0.05) is 12.6 Å². The van der Waals surface area contributed by atoms with Gasteiger partial charge < -0.3 is 26.0 Å². The van der Waals surface area contributed by atoms with Gasteiger partial charge in [0.15, 0.2) is 17.2 Å². The van der Waals surface area contributed by atoms with Gasteiger partial charge in [-0.05, 0) is 60.2 Å². The van der Waals surface area contributed by atoms with Crippen molar-refractivity contribution in [2.75, 3.05) is 6.61 Å². The number of hydrogen-bond acceptors (Lipinski definition) is 8. The molecule has 5 rings (SSSR count). The highest BCUT2D eigenvalue weighted by Crippen LogP contribution is 2.36. The molecule has 16 heteroatoms. The standard InChI is InChI=1S/C22H19FN4O5.C8H8F3NO.ClH/c1-3-8-32-22(31)13-4-5-14-12(11(13)2)6-7-16(14)26-20(28)18-9-17(21(29)30)25-19-15(23)10-24-27(18)19;9-8(10,11)6-3-5(4-12)1-2-7(6)13;/h3-5,9-10,16H,1,6-8H2,2H3,(H,26,28)(H,29,30);1-3,13H,4,12H2;1H/t16-;;/m0../s1. The number of aromatic carboxylic acids is 1. The number of aromatic nitrogens is 3. The van der Waals surface area contributed by atoms with E-state index in [2.05, 4.69) is 22.0 Å². The predicted octanol–water partition coefficient (Wildman–Crippen LogP) is 4.93. The Morgan fingerprint density at radius 1 is 1.22 bits per heavy atom. The molecule has 11 nitrogen and oxygen atoms in total. The summed E-state index contributed by atoms with van der Waals surface area (Å²) in [7, 11) is 0. The fourth-order valence-corrected chi connectivity index (χ4v) is 4.84. The van der Waals surface area contributed by atoms with Crippen LogP contribution in [0.3, 0.4) is 0 Å². The van der Waals surface area contributed by atoms with E-state index in [1.54, 1.807) is 12.1 Å². The molecule has 0 bridgehead atoms. The largest absolute Gasteiger partial charge is 0.507 e. The van der Waals surface area contributed by atoms with E-state index in [1.165, 1.54) is 12.1 Å². The lowest BCUT2D eigenvalue weighted by molar-refractivity contribution is -0.138. The summed E-state index contributed by atoms with van der Waals surface area (Å²) in [6, 6.07) is 7.29. The van der Waals surface area contributed by atoms with Crippen molar-refractivity contribution in [3.63, 3.8) is 0 Å². The number of benzene rings is 2. The molecule has 1 amide bonds. The minimum Gasteiger partial charge on any atom is -0.507 e. The smallest absolute Gasteiger partial charge is 0.419 e.